The van der Waals surface area contributed by atoms with E-state index in [1.165, 1.54) is 31.2 Å². The van der Waals surface area contributed by atoms with Gasteiger partial charge in [-0.25, -0.2) is 0 Å². The van der Waals surface area contributed by atoms with Crippen molar-refractivity contribution in [2.75, 3.05) is 20.0 Å². The highest BCUT2D eigenvalue weighted by Crippen LogP contribution is 2.41. The summed E-state index contributed by atoms with van der Waals surface area (Å²) in [5.41, 5.74) is 12.8. The Morgan fingerprint density at radius 1 is 1.00 bits per heavy atom. The van der Waals surface area contributed by atoms with Gasteiger partial charge in [-0.05, 0) is 31.0 Å². The van der Waals surface area contributed by atoms with E-state index < -0.39 is 0 Å². The molecule has 5 rings (SSSR count). The van der Waals surface area contributed by atoms with Crippen LogP contribution in [0.3, 0.4) is 0 Å². The first-order valence-corrected chi connectivity index (χ1v) is 10.4. The molecule has 2 aromatic carbocycles. The molecule has 2 heterocycles. The number of nitrogen functional groups attached to an aromatic ring is 1. The minimum atomic E-state index is 0.671. The Bertz CT molecular complexity index is 1070. The maximum absolute atomic E-state index is 6.68. The van der Waals surface area contributed by atoms with E-state index in [0.717, 1.165) is 58.0 Å². The fourth-order valence-corrected chi connectivity index (χ4v) is 4.93. The summed E-state index contributed by atoms with van der Waals surface area (Å²) in [7, 11) is 3.37. The number of para-hydroxylation sites is 1. The Labute approximate surface area is 171 Å². The molecule has 0 bridgehead atoms. The monoisotopic (exact) mass is 389 g/mol. The zero-order valence-corrected chi connectivity index (χ0v) is 17.1. The summed E-state index contributed by atoms with van der Waals surface area (Å²) in [6, 6.07) is 12.7. The minimum Gasteiger partial charge on any atom is -0.497 e. The van der Waals surface area contributed by atoms with Crippen molar-refractivity contribution in [2.24, 2.45) is 0 Å². The number of hydrogen-bond donors (Lipinski definition) is 1. The number of anilines is 1. The average molecular weight is 389 g/mol. The van der Waals surface area contributed by atoms with Gasteiger partial charge in [0.05, 0.1) is 25.4 Å². The molecule has 0 spiro atoms. The van der Waals surface area contributed by atoms with Crippen LogP contribution in [0.15, 0.2) is 36.4 Å². The summed E-state index contributed by atoms with van der Waals surface area (Å²) in [6.45, 7) is 1.81. The van der Waals surface area contributed by atoms with Gasteiger partial charge in [-0.1, -0.05) is 31.0 Å². The van der Waals surface area contributed by atoms with E-state index >= 15 is 0 Å². The maximum atomic E-state index is 6.68. The molecule has 3 aromatic rings. The van der Waals surface area contributed by atoms with Crippen LogP contribution >= 0.6 is 0 Å². The number of hydrogen-bond acceptors (Lipinski definition) is 5. The van der Waals surface area contributed by atoms with Gasteiger partial charge in [0, 0.05) is 46.9 Å². The molecule has 1 aromatic heterocycles. The third-order valence-electron chi connectivity index (χ3n) is 6.50. The lowest BCUT2D eigenvalue weighted by molar-refractivity contribution is 0.201. The highest BCUT2D eigenvalue weighted by molar-refractivity contribution is 6.02. The van der Waals surface area contributed by atoms with Crippen LogP contribution in [-0.4, -0.2) is 30.1 Å². The number of methoxy groups -OCH3 is 2. The van der Waals surface area contributed by atoms with Gasteiger partial charge in [0.1, 0.15) is 11.5 Å². The molecule has 0 atom stereocenters. The van der Waals surface area contributed by atoms with Crippen LogP contribution in [0.25, 0.3) is 22.0 Å². The van der Waals surface area contributed by atoms with Gasteiger partial charge in [0.2, 0.25) is 0 Å². The molecule has 0 unspecified atom stereocenters. The van der Waals surface area contributed by atoms with Crippen LogP contribution in [-0.2, 0) is 13.1 Å². The van der Waals surface area contributed by atoms with Crippen molar-refractivity contribution < 1.29 is 9.47 Å². The molecule has 1 aliphatic heterocycles. The van der Waals surface area contributed by atoms with Crippen LogP contribution in [0.2, 0.25) is 0 Å². The van der Waals surface area contributed by atoms with Crippen molar-refractivity contribution >= 4 is 16.6 Å². The SMILES string of the molecule is COc1ccc(OC)c(-c2cccc3c(N)c4c(nc23)CN(C2CCCC2)C4)c1. The number of pyridine rings is 1. The van der Waals surface area contributed by atoms with Crippen molar-refractivity contribution in [1.82, 2.24) is 9.88 Å². The highest BCUT2D eigenvalue weighted by Gasteiger charge is 2.31. The predicted molar refractivity (Wildman–Crippen MR) is 116 cm³/mol. The molecule has 2 aliphatic rings. The molecule has 0 amide bonds. The molecule has 150 valence electrons. The van der Waals surface area contributed by atoms with Crippen molar-refractivity contribution in [1.29, 1.82) is 0 Å². The average Bonchev–Trinajstić information content (AvgIpc) is 3.43. The van der Waals surface area contributed by atoms with E-state index in [1.807, 2.05) is 24.3 Å². The second-order valence-electron chi connectivity index (χ2n) is 8.06. The molecule has 29 heavy (non-hydrogen) atoms. The Balaban J connectivity index is 1.65. The number of nitrogens with two attached hydrogens (primary N) is 1. The Morgan fingerprint density at radius 2 is 1.83 bits per heavy atom. The van der Waals surface area contributed by atoms with Crippen LogP contribution in [0.5, 0.6) is 11.5 Å². The third kappa shape index (κ3) is 3.01. The Hall–Kier alpha value is -2.79. The molecule has 1 aliphatic carbocycles. The van der Waals surface area contributed by atoms with Gasteiger partial charge in [0.15, 0.2) is 0 Å². The Kier molecular flexibility index (Phi) is 4.55. The van der Waals surface area contributed by atoms with Crippen LogP contribution < -0.4 is 15.2 Å². The first kappa shape index (κ1) is 18.3. The minimum absolute atomic E-state index is 0.671. The third-order valence-corrected chi connectivity index (χ3v) is 6.50. The molecule has 1 saturated carbocycles. The van der Waals surface area contributed by atoms with Crippen molar-refractivity contribution in [3.8, 4) is 22.6 Å². The normalized spacial score (nSPS) is 17.0. The lowest BCUT2D eigenvalue weighted by Crippen LogP contribution is -2.27. The molecule has 0 radical (unpaired) electrons. The lowest BCUT2D eigenvalue weighted by Gasteiger charge is -2.22. The van der Waals surface area contributed by atoms with Gasteiger partial charge in [0.25, 0.3) is 0 Å². The standard InChI is InChI=1S/C24H27N3O2/c1-28-16-10-11-22(29-2)19(12-16)17-8-5-9-18-23(25)20-13-27(15-6-3-4-7-15)14-21(20)26-24(17)18/h5,8-12,15H,3-4,6-7,13-14H2,1-2H3,(H2,25,26). The fraction of sp³-hybridized carbons (Fsp3) is 0.375. The van der Waals surface area contributed by atoms with E-state index in [2.05, 4.69) is 17.0 Å². The number of benzene rings is 2. The second kappa shape index (κ2) is 7.23. The van der Waals surface area contributed by atoms with E-state index in [-0.39, 0.29) is 0 Å². The van der Waals surface area contributed by atoms with Crippen LogP contribution in [0, 0.1) is 0 Å². The Morgan fingerprint density at radius 3 is 2.59 bits per heavy atom. The van der Waals surface area contributed by atoms with Crippen molar-refractivity contribution in [3.05, 3.63) is 47.7 Å². The zero-order valence-electron chi connectivity index (χ0n) is 17.1. The molecule has 1 fully saturated rings. The van der Waals surface area contributed by atoms with Crippen LogP contribution in [0.1, 0.15) is 36.9 Å². The topological polar surface area (TPSA) is 60.6 Å². The van der Waals surface area contributed by atoms with Gasteiger partial charge < -0.3 is 15.2 Å². The molecule has 2 N–H and O–H groups in total. The maximum Gasteiger partial charge on any atom is 0.127 e. The number of aromatic nitrogens is 1. The smallest absolute Gasteiger partial charge is 0.127 e. The number of fused-ring (bicyclic) bond motifs is 2. The molecule has 5 heteroatoms. The first-order chi connectivity index (χ1) is 14.2. The lowest BCUT2D eigenvalue weighted by atomic mass is 9.98. The fourth-order valence-electron chi connectivity index (χ4n) is 4.93. The highest BCUT2D eigenvalue weighted by atomic mass is 16.5. The number of ether oxygens (including phenoxy) is 2. The van der Waals surface area contributed by atoms with Gasteiger partial charge >= 0.3 is 0 Å². The summed E-state index contributed by atoms with van der Waals surface area (Å²) in [6.07, 6.45) is 5.25. The van der Waals surface area contributed by atoms with E-state index in [0.29, 0.717) is 6.04 Å². The summed E-state index contributed by atoms with van der Waals surface area (Å²) in [5, 5.41) is 1.01. The van der Waals surface area contributed by atoms with Crippen LogP contribution in [0.4, 0.5) is 5.69 Å². The van der Waals surface area contributed by atoms with Crippen molar-refractivity contribution in [2.45, 2.75) is 44.8 Å². The van der Waals surface area contributed by atoms with Gasteiger partial charge in [-0.2, -0.15) is 0 Å². The number of rotatable bonds is 4. The zero-order chi connectivity index (χ0) is 20.0. The quantitative estimate of drug-likeness (QED) is 0.697. The summed E-state index contributed by atoms with van der Waals surface area (Å²) in [4.78, 5) is 7.69. The predicted octanol–water partition coefficient (Wildman–Crippen LogP) is 4.76. The summed E-state index contributed by atoms with van der Waals surface area (Å²) in [5.74, 6) is 1.59. The largest absolute Gasteiger partial charge is 0.497 e. The van der Waals surface area contributed by atoms with E-state index in [9.17, 15) is 0 Å². The summed E-state index contributed by atoms with van der Waals surface area (Å²) >= 11 is 0. The first-order valence-electron chi connectivity index (χ1n) is 10.4. The second-order valence-corrected chi connectivity index (χ2v) is 8.06. The molecule has 0 saturated heterocycles. The van der Waals surface area contributed by atoms with E-state index in [4.69, 9.17) is 20.2 Å². The summed E-state index contributed by atoms with van der Waals surface area (Å²) < 4.78 is 11.1. The van der Waals surface area contributed by atoms with E-state index in [1.54, 1.807) is 14.2 Å². The van der Waals surface area contributed by atoms with Crippen molar-refractivity contribution in [3.63, 3.8) is 0 Å². The van der Waals surface area contributed by atoms with Gasteiger partial charge in [-0.15, -0.1) is 0 Å². The molecule has 5 nitrogen and oxygen atoms in total. The molecular weight excluding hydrogens is 362 g/mol. The molecular formula is C24H27N3O2. The van der Waals surface area contributed by atoms with Gasteiger partial charge in [-0.3, -0.25) is 9.88 Å². The number of nitrogens with zero attached hydrogens (tertiary/aromatic N) is 2.